The minimum Gasteiger partial charge on any atom is -0.309 e. The molecule has 7 aromatic carbocycles. The van der Waals surface area contributed by atoms with E-state index in [1.54, 1.807) is 0 Å². The molecule has 10 rings (SSSR count). The Morgan fingerprint density at radius 2 is 0.923 bits per heavy atom. The van der Waals surface area contributed by atoms with Crippen molar-refractivity contribution >= 4 is 49.3 Å². The SMILES string of the molecule is [C-]#[N+]c1c(-c2ccccc2)nc(-c2cccc3c2c2cc4c5ccccc5n(-c5ccccc5)c4cc2n3-c2ccccc2)nc1-c1ccccc1. The predicted octanol–water partition coefficient (Wildman–Crippen LogP) is 12.2. The molecule has 0 fully saturated rings. The molecular formula is C47H29N5. The van der Waals surface area contributed by atoms with Crippen molar-refractivity contribution in [2.45, 2.75) is 0 Å². The first-order valence-electron chi connectivity index (χ1n) is 17.3. The summed E-state index contributed by atoms with van der Waals surface area (Å²) in [6, 6.07) is 60.8. The Labute approximate surface area is 300 Å². The highest BCUT2D eigenvalue weighted by molar-refractivity contribution is 6.22. The number of rotatable bonds is 5. The van der Waals surface area contributed by atoms with Gasteiger partial charge in [-0.3, -0.25) is 0 Å². The van der Waals surface area contributed by atoms with Crippen molar-refractivity contribution in [3.05, 3.63) is 187 Å². The number of fused-ring (bicyclic) bond motifs is 6. The lowest BCUT2D eigenvalue weighted by atomic mass is 10.0. The first-order chi connectivity index (χ1) is 25.8. The number of aromatic nitrogens is 4. The van der Waals surface area contributed by atoms with Crippen molar-refractivity contribution in [2.24, 2.45) is 0 Å². The average Bonchev–Trinajstić information content (AvgIpc) is 3.72. The van der Waals surface area contributed by atoms with Crippen LogP contribution < -0.4 is 0 Å². The summed E-state index contributed by atoms with van der Waals surface area (Å²) in [5.74, 6) is 0.578. The third-order valence-electron chi connectivity index (χ3n) is 9.94. The molecule has 0 unspecified atom stereocenters. The van der Waals surface area contributed by atoms with Crippen LogP contribution in [-0.2, 0) is 0 Å². The maximum Gasteiger partial charge on any atom is 0.238 e. The summed E-state index contributed by atoms with van der Waals surface area (Å²) in [5, 5.41) is 4.54. The molecule has 0 aliphatic carbocycles. The van der Waals surface area contributed by atoms with Gasteiger partial charge >= 0.3 is 0 Å². The van der Waals surface area contributed by atoms with Gasteiger partial charge in [-0.15, -0.1) is 0 Å². The van der Waals surface area contributed by atoms with E-state index in [1.807, 2.05) is 60.7 Å². The molecule has 0 spiro atoms. The van der Waals surface area contributed by atoms with Crippen LogP contribution >= 0.6 is 0 Å². The Bertz CT molecular complexity index is 2930. The van der Waals surface area contributed by atoms with Gasteiger partial charge in [-0.05, 0) is 59.7 Å². The fraction of sp³-hybridized carbons (Fsp3) is 0. The molecule has 3 aromatic heterocycles. The summed E-state index contributed by atoms with van der Waals surface area (Å²) in [5.41, 5.74) is 11.0. The van der Waals surface area contributed by atoms with Crippen LogP contribution in [0.15, 0.2) is 176 Å². The number of para-hydroxylation sites is 3. The number of hydrogen-bond donors (Lipinski definition) is 0. The number of benzene rings is 7. The lowest BCUT2D eigenvalue weighted by Gasteiger charge is -2.13. The minimum absolute atomic E-state index is 0.440. The van der Waals surface area contributed by atoms with Gasteiger partial charge in [-0.2, -0.15) is 0 Å². The van der Waals surface area contributed by atoms with Crippen LogP contribution in [0.4, 0.5) is 5.69 Å². The normalized spacial score (nSPS) is 11.4. The van der Waals surface area contributed by atoms with E-state index in [9.17, 15) is 0 Å². The first-order valence-corrected chi connectivity index (χ1v) is 17.3. The van der Waals surface area contributed by atoms with Crippen molar-refractivity contribution in [3.63, 3.8) is 0 Å². The van der Waals surface area contributed by atoms with Gasteiger partial charge in [-0.25, -0.2) is 14.8 Å². The van der Waals surface area contributed by atoms with E-state index >= 15 is 0 Å². The van der Waals surface area contributed by atoms with Crippen molar-refractivity contribution in [2.75, 3.05) is 0 Å². The summed E-state index contributed by atoms with van der Waals surface area (Å²) < 4.78 is 4.72. The Hall–Kier alpha value is -7.29. The first kappa shape index (κ1) is 29.6. The highest BCUT2D eigenvalue weighted by Crippen LogP contribution is 2.44. The summed E-state index contributed by atoms with van der Waals surface area (Å²) in [6.07, 6.45) is 0. The second-order valence-corrected chi connectivity index (χ2v) is 12.9. The molecule has 0 radical (unpaired) electrons. The maximum atomic E-state index is 8.28. The summed E-state index contributed by atoms with van der Waals surface area (Å²) in [7, 11) is 0. The van der Waals surface area contributed by atoms with Gasteiger partial charge in [0.15, 0.2) is 5.82 Å². The van der Waals surface area contributed by atoms with Crippen LogP contribution in [0, 0.1) is 6.57 Å². The van der Waals surface area contributed by atoms with Crippen molar-refractivity contribution in [1.29, 1.82) is 0 Å². The van der Waals surface area contributed by atoms with Crippen LogP contribution in [0.2, 0.25) is 0 Å². The lowest BCUT2D eigenvalue weighted by Crippen LogP contribution is -1.98. The Balaban J connectivity index is 1.35. The van der Waals surface area contributed by atoms with Crippen LogP contribution in [0.1, 0.15) is 0 Å². The largest absolute Gasteiger partial charge is 0.309 e. The monoisotopic (exact) mass is 663 g/mol. The molecule has 5 heteroatoms. The van der Waals surface area contributed by atoms with Gasteiger partial charge in [0.25, 0.3) is 0 Å². The smallest absolute Gasteiger partial charge is 0.238 e. The molecular weight excluding hydrogens is 635 g/mol. The van der Waals surface area contributed by atoms with Gasteiger partial charge in [0, 0.05) is 38.5 Å². The summed E-state index contributed by atoms with van der Waals surface area (Å²) >= 11 is 0. The summed E-state index contributed by atoms with van der Waals surface area (Å²) in [4.78, 5) is 14.5. The van der Waals surface area contributed by atoms with Crippen LogP contribution in [0.25, 0.3) is 93.7 Å². The van der Waals surface area contributed by atoms with Gasteiger partial charge in [0.2, 0.25) is 5.69 Å². The highest BCUT2D eigenvalue weighted by atomic mass is 15.0. The maximum absolute atomic E-state index is 8.28. The van der Waals surface area contributed by atoms with Crippen molar-refractivity contribution < 1.29 is 0 Å². The topological polar surface area (TPSA) is 40.0 Å². The highest BCUT2D eigenvalue weighted by Gasteiger charge is 2.24. The van der Waals surface area contributed by atoms with Crippen LogP contribution in [0.5, 0.6) is 0 Å². The third-order valence-corrected chi connectivity index (χ3v) is 9.94. The molecule has 3 heterocycles. The third kappa shape index (κ3) is 4.56. The molecule has 0 saturated heterocycles. The second kappa shape index (κ2) is 11.9. The van der Waals surface area contributed by atoms with E-state index in [2.05, 4.69) is 129 Å². The molecule has 0 bridgehead atoms. The summed E-state index contributed by atoms with van der Waals surface area (Å²) in [6.45, 7) is 8.28. The molecule has 242 valence electrons. The minimum atomic E-state index is 0.440. The number of hydrogen-bond acceptors (Lipinski definition) is 2. The Kier molecular flexibility index (Phi) is 6.80. The van der Waals surface area contributed by atoms with Crippen molar-refractivity contribution in [1.82, 2.24) is 19.1 Å². The zero-order valence-electron chi connectivity index (χ0n) is 28.0. The number of nitrogens with zero attached hydrogens (tertiary/aromatic N) is 5. The van der Waals surface area contributed by atoms with E-state index in [1.165, 1.54) is 10.8 Å². The standard InChI is InChI=1S/C47H29N5/c1-48-46-44(31-17-6-2-7-18-31)49-47(50-45(46)32-19-8-3-9-20-32)36-26-16-28-40-43(36)38-29-37-35-25-14-15-27-39(35)51(33-21-10-4-11-22-33)41(37)30-42(38)52(40)34-23-12-5-13-24-34/h2-30H. The lowest BCUT2D eigenvalue weighted by molar-refractivity contribution is 1.16. The molecule has 0 saturated carbocycles. The molecule has 52 heavy (non-hydrogen) atoms. The predicted molar refractivity (Wildman–Crippen MR) is 213 cm³/mol. The van der Waals surface area contributed by atoms with E-state index in [-0.39, 0.29) is 0 Å². The molecule has 0 atom stereocenters. The molecule has 0 N–H and O–H groups in total. The van der Waals surface area contributed by atoms with Gasteiger partial charge < -0.3 is 9.13 Å². The van der Waals surface area contributed by atoms with E-state index in [0.717, 1.165) is 60.9 Å². The van der Waals surface area contributed by atoms with Crippen molar-refractivity contribution in [3.8, 4) is 45.3 Å². The van der Waals surface area contributed by atoms with Gasteiger partial charge in [0.05, 0.1) is 40.0 Å². The van der Waals surface area contributed by atoms with Crippen LogP contribution in [0.3, 0.4) is 0 Å². The molecule has 0 aliphatic rings. The molecule has 0 amide bonds. The zero-order valence-corrected chi connectivity index (χ0v) is 28.0. The van der Waals surface area contributed by atoms with Crippen LogP contribution in [-0.4, -0.2) is 19.1 Å². The van der Waals surface area contributed by atoms with Gasteiger partial charge in [0.1, 0.15) is 0 Å². The molecule has 5 nitrogen and oxygen atoms in total. The Morgan fingerprint density at radius 3 is 1.52 bits per heavy atom. The molecule has 0 aliphatic heterocycles. The fourth-order valence-electron chi connectivity index (χ4n) is 7.70. The average molecular weight is 664 g/mol. The second-order valence-electron chi connectivity index (χ2n) is 12.9. The van der Waals surface area contributed by atoms with Gasteiger partial charge in [-0.1, -0.05) is 127 Å². The Morgan fingerprint density at radius 1 is 0.423 bits per heavy atom. The zero-order chi connectivity index (χ0) is 34.6. The van der Waals surface area contributed by atoms with E-state index < -0.39 is 0 Å². The van der Waals surface area contributed by atoms with E-state index in [0.29, 0.717) is 22.9 Å². The fourth-order valence-corrected chi connectivity index (χ4v) is 7.70. The molecule has 10 aromatic rings. The van der Waals surface area contributed by atoms with E-state index in [4.69, 9.17) is 16.5 Å². The quantitative estimate of drug-likeness (QED) is 0.172.